The van der Waals surface area contributed by atoms with Crippen molar-refractivity contribution in [2.75, 3.05) is 13.1 Å². The second kappa shape index (κ2) is 9.24. The summed E-state index contributed by atoms with van der Waals surface area (Å²) >= 11 is 9.12. The number of carbonyl (C=O) groups excluding carboxylic acids is 3. The lowest BCUT2D eigenvalue weighted by atomic mass is 9.82. The Bertz CT molecular complexity index is 885. The van der Waals surface area contributed by atoms with E-state index < -0.39 is 0 Å². The Morgan fingerprint density at radius 2 is 1.81 bits per heavy atom. The molecule has 3 atom stereocenters. The first-order valence-corrected chi connectivity index (χ1v) is 12.1. The molecule has 7 nitrogen and oxygen atoms in total. The van der Waals surface area contributed by atoms with Crippen LogP contribution in [0.2, 0.25) is 0 Å². The maximum absolute atomic E-state index is 13.1. The highest BCUT2D eigenvalue weighted by Crippen LogP contribution is 2.33. The minimum absolute atomic E-state index is 0.0471. The monoisotopic (exact) mass is 506 g/mol. The number of primary amides is 1. The van der Waals surface area contributed by atoms with Gasteiger partial charge in [0, 0.05) is 35.4 Å². The fraction of sp³-hybridized carbons (Fsp3) is 0.545. The van der Waals surface area contributed by atoms with Crippen molar-refractivity contribution in [2.24, 2.45) is 17.6 Å². The van der Waals surface area contributed by atoms with Gasteiger partial charge in [-0.05, 0) is 62.0 Å². The molecule has 4 rings (SSSR count). The molecule has 31 heavy (non-hydrogen) atoms. The lowest BCUT2D eigenvalue weighted by molar-refractivity contribution is -0.135. The zero-order valence-corrected chi connectivity index (χ0v) is 19.7. The first kappa shape index (κ1) is 22.2. The van der Waals surface area contributed by atoms with Gasteiger partial charge in [0.2, 0.25) is 11.8 Å². The van der Waals surface area contributed by atoms with Crippen LogP contribution in [0.25, 0.3) is 0 Å². The molecule has 0 aromatic heterocycles. The van der Waals surface area contributed by atoms with Crippen LogP contribution >= 0.6 is 28.1 Å². The molecule has 2 heterocycles. The summed E-state index contributed by atoms with van der Waals surface area (Å²) in [4.78, 5) is 40.9. The third-order valence-electron chi connectivity index (χ3n) is 6.65. The Hall–Kier alpha value is -2.00. The number of alkyl halides is 1. The Morgan fingerprint density at radius 1 is 1.13 bits per heavy atom. The summed E-state index contributed by atoms with van der Waals surface area (Å²) in [6, 6.07) is 7.46. The fourth-order valence-electron chi connectivity index (χ4n) is 4.74. The van der Waals surface area contributed by atoms with Crippen molar-refractivity contribution < 1.29 is 14.4 Å². The smallest absolute Gasteiger partial charge is 0.253 e. The number of hydrogen-bond donors (Lipinski definition) is 2. The highest BCUT2D eigenvalue weighted by atomic mass is 79.9. The Morgan fingerprint density at radius 3 is 2.45 bits per heavy atom. The summed E-state index contributed by atoms with van der Waals surface area (Å²) in [5.41, 5.74) is 6.89. The zero-order chi connectivity index (χ0) is 22.1. The van der Waals surface area contributed by atoms with E-state index in [0.717, 1.165) is 24.8 Å². The van der Waals surface area contributed by atoms with Gasteiger partial charge in [-0.15, -0.1) is 0 Å². The highest BCUT2D eigenvalue weighted by Gasteiger charge is 2.42. The van der Waals surface area contributed by atoms with Crippen LogP contribution in [0.5, 0.6) is 0 Å². The van der Waals surface area contributed by atoms with Gasteiger partial charge in [0.25, 0.3) is 5.91 Å². The molecule has 3 N–H and O–H groups in total. The number of hydrogen-bond acceptors (Lipinski definition) is 4. The van der Waals surface area contributed by atoms with Crippen LogP contribution in [0.15, 0.2) is 24.3 Å². The quantitative estimate of drug-likeness (QED) is 0.481. The van der Waals surface area contributed by atoms with Gasteiger partial charge in [0.1, 0.15) is 0 Å². The summed E-state index contributed by atoms with van der Waals surface area (Å²) in [5.74, 6) is -0.463. The maximum atomic E-state index is 13.1. The predicted octanol–water partition coefficient (Wildman–Crippen LogP) is 2.17. The minimum Gasteiger partial charge on any atom is -0.369 e. The van der Waals surface area contributed by atoms with E-state index in [2.05, 4.69) is 21.2 Å². The number of amides is 3. The topological polar surface area (TPSA) is 95.7 Å². The summed E-state index contributed by atoms with van der Waals surface area (Å²) in [6.45, 7) is 1.46. The average Bonchev–Trinajstić information content (AvgIpc) is 2.77. The van der Waals surface area contributed by atoms with E-state index >= 15 is 0 Å². The first-order valence-electron chi connectivity index (χ1n) is 10.8. The molecule has 166 valence electrons. The van der Waals surface area contributed by atoms with Crippen LogP contribution < -0.4 is 11.1 Å². The number of carbonyl (C=O) groups is 3. The lowest BCUT2D eigenvalue weighted by Gasteiger charge is -2.43. The molecule has 0 spiro atoms. The van der Waals surface area contributed by atoms with Crippen LogP contribution in [0.3, 0.4) is 0 Å². The van der Waals surface area contributed by atoms with Crippen LogP contribution in [-0.2, 0) is 16.1 Å². The molecule has 3 aliphatic rings. The van der Waals surface area contributed by atoms with Gasteiger partial charge in [-0.2, -0.15) is 0 Å². The van der Waals surface area contributed by atoms with E-state index in [-0.39, 0.29) is 35.6 Å². The number of thiocarbonyl (C=S) groups is 1. The molecule has 1 aromatic carbocycles. The Balaban J connectivity index is 1.38. The van der Waals surface area contributed by atoms with Gasteiger partial charge < -0.3 is 16.0 Å². The molecule has 2 saturated heterocycles. The molecule has 1 aliphatic carbocycles. The number of piperidine rings is 1. The van der Waals surface area contributed by atoms with Crippen molar-refractivity contribution in [1.29, 1.82) is 0 Å². The summed E-state index contributed by atoms with van der Waals surface area (Å²) < 4.78 is 0. The van der Waals surface area contributed by atoms with Gasteiger partial charge in [-0.25, -0.2) is 0 Å². The number of fused-ring (bicyclic) bond motifs is 1. The van der Waals surface area contributed by atoms with Crippen molar-refractivity contribution in [3.63, 3.8) is 0 Å². The van der Waals surface area contributed by atoms with E-state index in [1.807, 2.05) is 12.1 Å². The summed E-state index contributed by atoms with van der Waals surface area (Å²) in [7, 11) is 0. The second-order valence-electron chi connectivity index (χ2n) is 8.66. The third kappa shape index (κ3) is 4.77. The molecule has 3 unspecified atom stereocenters. The predicted molar refractivity (Wildman–Crippen MR) is 124 cm³/mol. The fourth-order valence-corrected chi connectivity index (χ4v) is 5.71. The number of nitrogens with two attached hydrogens (primary N) is 1. The van der Waals surface area contributed by atoms with Crippen LogP contribution in [0.4, 0.5) is 0 Å². The van der Waals surface area contributed by atoms with Crippen molar-refractivity contribution >= 4 is 51.0 Å². The van der Waals surface area contributed by atoms with Gasteiger partial charge in [-0.3, -0.25) is 19.3 Å². The Labute approximate surface area is 195 Å². The number of rotatable bonds is 4. The molecular formula is C22H27BrN4O3S. The van der Waals surface area contributed by atoms with Gasteiger partial charge in [0.15, 0.2) is 5.11 Å². The largest absolute Gasteiger partial charge is 0.369 e. The Kier molecular flexibility index (Phi) is 6.62. The summed E-state index contributed by atoms with van der Waals surface area (Å²) in [6.07, 6.45) is 4.01. The standard InChI is InChI=1S/C22H27BrN4O3S/c23-16-5-6-18-17(11-16)21(30)27(22(31)25-18)12-13-1-3-15(4-2-13)20(29)26-9-7-14(8-10-26)19(24)28/h1-4,14,16-18H,5-12H2,(H2,24,28)(H,25,31). The molecule has 3 fully saturated rings. The van der Waals surface area contributed by atoms with Crippen molar-refractivity contribution in [3.8, 4) is 0 Å². The maximum Gasteiger partial charge on any atom is 0.253 e. The zero-order valence-electron chi connectivity index (χ0n) is 17.3. The average molecular weight is 507 g/mol. The normalized spacial score (nSPS) is 26.9. The SMILES string of the molecule is NC(=O)C1CCN(C(=O)c2ccc(CN3C(=O)C4CC(Br)CCC4NC3=S)cc2)CC1. The van der Waals surface area contributed by atoms with Crippen LogP contribution in [-0.4, -0.2) is 56.6 Å². The molecule has 0 radical (unpaired) electrons. The van der Waals surface area contributed by atoms with Gasteiger partial charge >= 0.3 is 0 Å². The molecular weight excluding hydrogens is 480 g/mol. The van der Waals surface area contributed by atoms with E-state index in [1.54, 1.807) is 21.9 Å². The highest BCUT2D eigenvalue weighted by molar-refractivity contribution is 9.09. The van der Waals surface area contributed by atoms with E-state index in [0.29, 0.717) is 48.0 Å². The van der Waals surface area contributed by atoms with E-state index in [4.69, 9.17) is 18.0 Å². The number of benzene rings is 1. The molecule has 1 aromatic rings. The number of halogens is 1. The van der Waals surface area contributed by atoms with Crippen molar-refractivity contribution in [3.05, 3.63) is 35.4 Å². The lowest BCUT2D eigenvalue weighted by Crippen LogP contribution is -2.61. The van der Waals surface area contributed by atoms with Crippen molar-refractivity contribution in [2.45, 2.75) is 49.5 Å². The third-order valence-corrected chi connectivity index (χ3v) is 7.82. The number of nitrogens with zero attached hydrogens (tertiary/aromatic N) is 2. The summed E-state index contributed by atoms with van der Waals surface area (Å²) in [5, 5.41) is 3.83. The number of nitrogens with one attached hydrogen (secondary N) is 1. The van der Waals surface area contributed by atoms with Crippen molar-refractivity contribution in [1.82, 2.24) is 15.1 Å². The van der Waals surface area contributed by atoms with E-state index in [1.165, 1.54) is 0 Å². The minimum atomic E-state index is -0.290. The van der Waals surface area contributed by atoms with E-state index in [9.17, 15) is 14.4 Å². The molecule has 0 bridgehead atoms. The second-order valence-corrected chi connectivity index (χ2v) is 10.3. The molecule has 3 amide bonds. The molecule has 9 heteroatoms. The molecule has 2 aliphatic heterocycles. The van der Waals surface area contributed by atoms with Crippen LogP contribution in [0.1, 0.15) is 48.0 Å². The number of likely N-dealkylation sites (tertiary alicyclic amines) is 1. The molecule has 1 saturated carbocycles. The van der Waals surface area contributed by atoms with Gasteiger partial charge in [-0.1, -0.05) is 28.1 Å². The van der Waals surface area contributed by atoms with Crippen LogP contribution in [0, 0.1) is 11.8 Å². The first-order chi connectivity index (χ1) is 14.8. The van der Waals surface area contributed by atoms with Gasteiger partial charge in [0.05, 0.1) is 12.5 Å².